The van der Waals surface area contributed by atoms with Crippen LogP contribution in [0.25, 0.3) is 11.8 Å². The summed E-state index contributed by atoms with van der Waals surface area (Å²) >= 11 is 0. The van der Waals surface area contributed by atoms with Crippen LogP contribution in [0.1, 0.15) is 16.7 Å². The Balaban J connectivity index is 1.99. The molecule has 0 aliphatic heterocycles. The molecule has 0 aliphatic carbocycles. The van der Waals surface area contributed by atoms with E-state index in [1.807, 2.05) is 63.6 Å². The lowest BCUT2D eigenvalue weighted by atomic mass is 10.1. The van der Waals surface area contributed by atoms with Crippen LogP contribution >= 0.6 is 0 Å². The van der Waals surface area contributed by atoms with Crippen LogP contribution in [-0.2, 0) is 0 Å². The number of nitrogens with one attached hydrogen (secondary N) is 2. The summed E-state index contributed by atoms with van der Waals surface area (Å²) in [5, 5.41) is 7.27. The molecule has 0 amide bonds. The molecule has 0 spiro atoms. The maximum absolute atomic E-state index is 4.28. The highest BCUT2D eigenvalue weighted by Gasteiger charge is 1.98. The molecule has 2 aromatic rings. The van der Waals surface area contributed by atoms with Crippen LogP contribution in [0.3, 0.4) is 0 Å². The summed E-state index contributed by atoms with van der Waals surface area (Å²) in [6, 6.07) is 16.3. The van der Waals surface area contributed by atoms with Crippen molar-refractivity contribution in [2.75, 3.05) is 26.0 Å². The van der Waals surface area contributed by atoms with Gasteiger partial charge < -0.3 is 10.2 Å². The van der Waals surface area contributed by atoms with Gasteiger partial charge >= 0.3 is 0 Å². The number of benzene rings is 2. The Hall–Kier alpha value is -3.27. The fourth-order valence-electron chi connectivity index (χ4n) is 2.22. The smallest absolute Gasteiger partial charge is 0.0562 e. The van der Waals surface area contributed by atoms with E-state index in [2.05, 4.69) is 52.1 Å². The molecule has 2 rings (SSSR count). The second kappa shape index (κ2) is 9.28. The van der Waals surface area contributed by atoms with Crippen molar-refractivity contribution in [2.24, 2.45) is 5.10 Å². The van der Waals surface area contributed by atoms with Crippen molar-refractivity contribution in [2.45, 2.75) is 0 Å². The summed E-state index contributed by atoms with van der Waals surface area (Å²) in [5.74, 6) is 0. The maximum Gasteiger partial charge on any atom is 0.0562 e. The molecule has 134 valence electrons. The zero-order chi connectivity index (χ0) is 18.9. The topological polar surface area (TPSA) is 39.7 Å². The zero-order valence-corrected chi connectivity index (χ0v) is 15.7. The first-order chi connectivity index (χ1) is 12.5. The van der Waals surface area contributed by atoms with Gasteiger partial charge in [-0.3, -0.25) is 5.43 Å². The van der Waals surface area contributed by atoms with Crippen LogP contribution in [0, 0.1) is 0 Å². The molecule has 26 heavy (non-hydrogen) atoms. The van der Waals surface area contributed by atoms with Gasteiger partial charge in [-0.1, -0.05) is 49.6 Å². The number of allylic oxidation sites excluding steroid dienone is 1. The first-order valence-corrected chi connectivity index (χ1v) is 8.40. The fourth-order valence-corrected chi connectivity index (χ4v) is 2.22. The highest BCUT2D eigenvalue weighted by molar-refractivity contribution is 5.80. The molecule has 0 aliphatic rings. The third kappa shape index (κ3) is 5.67. The number of likely N-dealkylation sites (N-methyl/N-ethyl adjacent to an activating group) is 1. The van der Waals surface area contributed by atoms with E-state index >= 15 is 0 Å². The summed E-state index contributed by atoms with van der Waals surface area (Å²) in [5.41, 5.74) is 8.85. The van der Waals surface area contributed by atoms with E-state index in [9.17, 15) is 0 Å². The van der Waals surface area contributed by atoms with E-state index in [-0.39, 0.29) is 0 Å². The molecular weight excluding hydrogens is 320 g/mol. The average Bonchev–Trinajstić information content (AvgIpc) is 2.66. The standard InChI is InChI=1S/C22H26N4/c1-17(23-3)9-10-19-7-6-8-21(15-19)18(2)25-24-16-20-11-13-22(14-12-20)26(4)5/h6-16,23,25H,1-2H2,3-5H3/b10-9+,24-16+. The van der Waals surface area contributed by atoms with Gasteiger partial charge in [0, 0.05) is 32.5 Å². The molecule has 0 heterocycles. The molecule has 0 unspecified atom stereocenters. The molecule has 0 atom stereocenters. The molecule has 2 N–H and O–H groups in total. The Kier molecular flexibility index (Phi) is 6.80. The summed E-state index contributed by atoms with van der Waals surface area (Å²) in [6.07, 6.45) is 5.72. The number of hydrazone groups is 1. The first-order valence-electron chi connectivity index (χ1n) is 8.40. The van der Waals surface area contributed by atoms with Crippen LogP contribution < -0.4 is 15.6 Å². The van der Waals surface area contributed by atoms with Gasteiger partial charge in [0.05, 0.1) is 11.9 Å². The second-order valence-corrected chi connectivity index (χ2v) is 6.07. The van der Waals surface area contributed by atoms with Crippen LogP contribution in [0.5, 0.6) is 0 Å². The Morgan fingerprint density at radius 2 is 1.77 bits per heavy atom. The molecule has 0 radical (unpaired) electrons. The summed E-state index contributed by atoms with van der Waals surface area (Å²) < 4.78 is 0. The van der Waals surface area contributed by atoms with Gasteiger partial charge in [-0.25, -0.2) is 0 Å². The lowest BCUT2D eigenvalue weighted by molar-refractivity contribution is 1.00. The number of nitrogens with zero attached hydrogens (tertiary/aromatic N) is 2. The van der Waals surface area contributed by atoms with Gasteiger partial charge in [-0.05, 0) is 41.0 Å². The van der Waals surface area contributed by atoms with Gasteiger partial charge in [0.1, 0.15) is 0 Å². The van der Waals surface area contributed by atoms with E-state index in [1.165, 1.54) is 0 Å². The van der Waals surface area contributed by atoms with Crippen LogP contribution in [0.15, 0.2) is 78.6 Å². The van der Waals surface area contributed by atoms with Crippen molar-refractivity contribution in [1.29, 1.82) is 0 Å². The molecule has 0 bridgehead atoms. The highest BCUT2D eigenvalue weighted by Crippen LogP contribution is 2.14. The predicted octanol–water partition coefficient (Wildman–Crippen LogP) is 4.09. The van der Waals surface area contributed by atoms with Gasteiger partial charge in [-0.15, -0.1) is 0 Å². The number of hydrogen-bond acceptors (Lipinski definition) is 4. The molecule has 0 aromatic heterocycles. The van der Waals surface area contributed by atoms with Crippen LogP contribution in [-0.4, -0.2) is 27.4 Å². The van der Waals surface area contributed by atoms with Crippen molar-refractivity contribution < 1.29 is 0 Å². The Labute approximate surface area is 156 Å². The Bertz CT molecular complexity index is 814. The fraction of sp³-hybridized carbons (Fsp3) is 0.136. The Morgan fingerprint density at radius 3 is 2.42 bits per heavy atom. The van der Waals surface area contributed by atoms with E-state index < -0.39 is 0 Å². The number of hydrogen-bond donors (Lipinski definition) is 2. The van der Waals surface area contributed by atoms with Gasteiger partial charge in [0.15, 0.2) is 0 Å². The molecule has 0 fully saturated rings. The molecular formula is C22H26N4. The number of rotatable bonds is 8. The number of anilines is 1. The minimum atomic E-state index is 0.744. The van der Waals surface area contributed by atoms with Crippen molar-refractivity contribution >= 4 is 23.7 Å². The van der Waals surface area contributed by atoms with E-state index in [4.69, 9.17) is 0 Å². The lowest BCUT2D eigenvalue weighted by Gasteiger charge is -2.11. The van der Waals surface area contributed by atoms with Crippen molar-refractivity contribution in [3.63, 3.8) is 0 Å². The monoisotopic (exact) mass is 346 g/mol. The lowest BCUT2D eigenvalue weighted by Crippen LogP contribution is -2.08. The molecule has 0 saturated heterocycles. The molecule has 4 heteroatoms. The van der Waals surface area contributed by atoms with Crippen molar-refractivity contribution in [3.8, 4) is 0 Å². The summed E-state index contributed by atoms with van der Waals surface area (Å²) in [7, 11) is 5.89. The third-order valence-corrected chi connectivity index (χ3v) is 3.86. The van der Waals surface area contributed by atoms with Gasteiger partial charge in [0.25, 0.3) is 0 Å². The van der Waals surface area contributed by atoms with Gasteiger partial charge in [0.2, 0.25) is 0 Å². The molecule has 0 saturated carbocycles. The minimum absolute atomic E-state index is 0.744. The van der Waals surface area contributed by atoms with E-state index in [0.717, 1.165) is 33.8 Å². The van der Waals surface area contributed by atoms with Crippen molar-refractivity contribution in [1.82, 2.24) is 10.7 Å². The highest BCUT2D eigenvalue weighted by atomic mass is 15.3. The summed E-state index contributed by atoms with van der Waals surface area (Å²) in [4.78, 5) is 2.06. The first kappa shape index (κ1) is 19.1. The zero-order valence-electron chi connectivity index (χ0n) is 15.7. The Morgan fingerprint density at radius 1 is 1.04 bits per heavy atom. The average molecular weight is 346 g/mol. The molecule has 2 aromatic carbocycles. The predicted molar refractivity (Wildman–Crippen MR) is 114 cm³/mol. The van der Waals surface area contributed by atoms with E-state index in [1.54, 1.807) is 6.21 Å². The van der Waals surface area contributed by atoms with Gasteiger partial charge in [-0.2, -0.15) is 5.10 Å². The third-order valence-electron chi connectivity index (χ3n) is 3.86. The minimum Gasteiger partial charge on any atom is -0.389 e. The quantitative estimate of drug-likeness (QED) is 0.430. The van der Waals surface area contributed by atoms with Crippen molar-refractivity contribution in [3.05, 3.63) is 90.2 Å². The second-order valence-electron chi connectivity index (χ2n) is 6.07. The van der Waals surface area contributed by atoms with Crippen LogP contribution in [0.2, 0.25) is 0 Å². The summed E-state index contributed by atoms with van der Waals surface area (Å²) in [6.45, 7) is 7.94. The normalized spacial score (nSPS) is 10.9. The van der Waals surface area contributed by atoms with Crippen LogP contribution in [0.4, 0.5) is 5.69 Å². The molecule has 4 nitrogen and oxygen atoms in total. The van der Waals surface area contributed by atoms with E-state index in [0.29, 0.717) is 0 Å². The SMILES string of the molecule is C=C(/C=C/c1cccc(C(=C)N/N=C/c2ccc(N(C)C)cc2)c1)NC. The largest absolute Gasteiger partial charge is 0.389 e. The maximum atomic E-state index is 4.28.